The smallest absolute Gasteiger partial charge is 0.258 e. The summed E-state index contributed by atoms with van der Waals surface area (Å²) < 4.78 is 0. The van der Waals surface area contributed by atoms with Crippen LogP contribution in [-0.2, 0) is 5.41 Å². The van der Waals surface area contributed by atoms with E-state index in [0.29, 0.717) is 32.5 Å². The van der Waals surface area contributed by atoms with E-state index in [1.807, 2.05) is 12.1 Å². The van der Waals surface area contributed by atoms with E-state index in [9.17, 15) is 10.1 Å². The molecule has 1 aromatic carbocycles. The lowest BCUT2D eigenvalue weighted by Crippen LogP contribution is -2.70. The van der Waals surface area contributed by atoms with Crippen molar-refractivity contribution in [1.29, 1.82) is 0 Å². The maximum absolute atomic E-state index is 11.7. The molecule has 0 saturated heterocycles. The fourth-order valence-electron chi connectivity index (χ4n) is 15.6. The van der Waals surface area contributed by atoms with Crippen molar-refractivity contribution in [2.75, 3.05) is 0 Å². The van der Waals surface area contributed by atoms with Gasteiger partial charge in [-0.1, -0.05) is 91.2 Å². The monoisotopic (exact) mass is 616 g/mol. The molecule has 0 heterocycles. The van der Waals surface area contributed by atoms with Gasteiger partial charge in [0.15, 0.2) is 0 Å². The molecule has 3 heteroatoms. The molecule has 8 fully saturated rings. The maximum atomic E-state index is 11.7. The summed E-state index contributed by atoms with van der Waals surface area (Å²) in [4.78, 5) is 11.5. The Bertz CT molecular complexity index is 1200. The number of nitro benzene ring substituents is 1. The minimum Gasteiger partial charge on any atom is -0.258 e. The Morgan fingerprint density at radius 3 is 1.49 bits per heavy atom. The molecule has 0 aromatic heterocycles. The summed E-state index contributed by atoms with van der Waals surface area (Å²) in [6.07, 6.45) is 34.4. The van der Waals surface area contributed by atoms with E-state index >= 15 is 0 Å². The highest BCUT2D eigenvalue weighted by atomic mass is 16.6. The van der Waals surface area contributed by atoms with Crippen molar-refractivity contribution in [2.24, 2.45) is 38.4 Å². The van der Waals surface area contributed by atoms with Gasteiger partial charge in [-0.05, 0) is 152 Å². The van der Waals surface area contributed by atoms with E-state index in [1.54, 1.807) is 6.42 Å². The van der Waals surface area contributed by atoms with Crippen molar-refractivity contribution in [3.63, 3.8) is 0 Å². The van der Waals surface area contributed by atoms with Crippen LogP contribution in [0.4, 0.5) is 5.69 Å². The average Bonchev–Trinajstić information content (AvgIpc) is 3.00. The predicted octanol–water partition coefficient (Wildman–Crippen LogP) is 12.9. The molecule has 45 heavy (non-hydrogen) atoms. The summed E-state index contributed by atoms with van der Waals surface area (Å²) in [5.41, 5.74) is 4.98. The zero-order valence-electron chi connectivity index (χ0n) is 29.6. The number of nitro groups is 1. The maximum Gasteiger partial charge on any atom is 0.269 e. The molecular formula is C42H65NO2. The Morgan fingerprint density at radius 2 is 1.02 bits per heavy atom. The normalized spacial score (nSPS) is 44.1. The van der Waals surface area contributed by atoms with Crippen molar-refractivity contribution >= 4 is 5.69 Å². The van der Waals surface area contributed by atoms with Crippen LogP contribution in [0.25, 0.3) is 0 Å². The van der Waals surface area contributed by atoms with Crippen LogP contribution >= 0.6 is 0 Å². The summed E-state index contributed by atoms with van der Waals surface area (Å²) in [5, 5.41) is 11.7. The van der Waals surface area contributed by atoms with Crippen LogP contribution in [0, 0.1) is 48.5 Å². The van der Waals surface area contributed by atoms with Gasteiger partial charge < -0.3 is 0 Å². The quantitative estimate of drug-likeness (QED) is 0.145. The van der Waals surface area contributed by atoms with Crippen molar-refractivity contribution in [3.8, 4) is 0 Å². The zero-order valence-corrected chi connectivity index (χ0v) is 29.6. The SMILES string of the molecule is CCCCC12CC3CC(CCCC)(C1)CC(C14CC5(CCCC)CC(CCCC)(CC(c6ccc([N+](=O)[O-])cc6)(C5)C1)C4)(C3)C2. The molecule has 8 saturated carbocycles. The van der Waals surface area contributed by atoms with Crippen molar-refractivity contribution < 1.29 is 4.92 Å². The molecule has 0 amide bonds. The predicted molar refractivity (Wildman–Crippen MR) is 186 cm³/mol. The van der Waals surface area contributed by atoms with Gasteiger partial charge in [-0.2, -0.15) is 0 Å². The standard InChI is InChI=1S/C42H65NO2/c1-5-9-17-36-21-33-22-37(24-36,18-10-6-2)29-41(23-33,28-36)42-30-38(19-11-7-3)25-39(31-42,20-12-8-4)27-40(26-38,32-42)34-13-15-35(16-14-34)43(44)45/h13-16,33H,5-12,17-32H2,1-4H3. The third kappa shape index (κ3) is 5.17. The zero-order chi connectivity index (χ0) is 31.6. The second kappa shape index (κ2) is 11.4. The van der Waals surface area contributed by atoms with Gasteiger partial charge in [-0.3, -0.25) is 10.1 Å². The molecule has 4 atom stereocenters. The van der Waals surface area contributed by atoms with Gasteiger partial charge >= 0.3 is 0 Å². The van der Waals surface area contributed by atoms with E-state index < -0.39 is 0 Å². The van der Waals surface area contributed by atoms with Crippen LogP contribution in [0.5, 0.6) is 0 Å². The highest BCUT2D eigenvalue weighted by Gasteiger charge is 2.76. The second-order valence-electron chi connectivity index (χ2n) is 19.1. The molecule has 8 aliphatic carbocycles. The molecule has 8 bridgehead atoms. The molecular weight excluding hydrogens is 550 g/mol. The number of unbranched alkanes of at least 4 members (excludes halogenated alkanes) is 4. The molecule has 0 aliphatic heterocycles. The summed E-state index contributed by atoms with van der Waals surface area (Å²) in [6, 6.07) is 8.15. The summed E-state index contributed by atoms with van der Waals surface area (Å²) in [7, 11) is 0. The lowest BCUT2D eigenvalue weighted by molar-refractivity contribution is -0.384. The van der Waals surface area contributed by atoms with Crippen molar-refractivity contribution in [3.05, 3.63) is 39.9 Å². The molecule has 0 spiro atoms. The van der Waals surface area contributed by atoms with E-state index in [-0.39, 0.29) is 16.0 Å². The third-order valence-corrected chi connectivity index (χ3v) is 15.6. The first kappa shape index (κ1) is 32.2. The first-order valence-corrected chi connectivity index (χ1v) is 19.8. The second-order valence-corrected chi connectivity index (χ2v) is 19.1. The minimum absolute atomic E-state index is 0.196. The lowest BCUT2D eigenvalue weighted by Gasteiger charge is -2.80. The first-order valence-electron chi connectivity index (χ1n) is 19.8. The highest BCUT2D eigenvalue weighted by Crippen LogP contribution is 2.85. The van der Waals surface area contributed by atoms with Crippen molar-refractivity contribution in [2.45, 2.75) is 187 Å². The Balaban J connectivity index is 1.38. The van der Waals surface area contributed by atoms with E-state index in [0.717, 1.165) is 5.92 Å². The average molecular weight is 616 g/mol. The van der Waals surface area contributed by atoms with Gasteiger partial charge in [0.2, 0.25) is 0 Å². The largest absolute Gasteiger partial charge is 0.269 e. The summed E-state index contributed by atoms with van der Waals surface area (Å²) in [6.45, 7) is 9.66. The van der Waals surface area contributed by atoms with Gasteiger partial charge in [0.1, 0.15) is 0 Å². The van der Waals surface area contributed by atoms with Gasteiger partial charge in [-0.15, -0.1) is 0 Å². The lowest BCUT2D eigenvalue weighted by atomic mass is 9.25. The van der Waals surface area contributed by atoms with Crippen LogP contribution in [0.15, 0.2) is 24.3 Å². The van der Waals surface area contributed by atoms with E-state index in [4.69, 9.17) is 0 Å². The molecule has 4 unspecified atom stereocenters. The van der Waals surface area contributed by atoms with Gasteiger partial charge in [0.25, 0.3) is 5.69 Å². The topological polar surface area (TPSA) is 43.1 Å². The van der Waals surface area contributed by atoms with Crippen LogP contribution in [0.3, 0.4) is 0 Å². The molecule has 1 aromatic rings. The van der Waals surface area contributed by atoms with Gasteiger partial charge in [-0.25, -0.2) is 0 Å². The fraction of sp³-hybridized carbons (Fsp3) is 0.857. The van der Waals surface area contributed by atoms with E-state index in [1.165, 1.54) is 153 Å². The number of non-ortho nitro benzene ring substituents is 1. The minimum atomic E-state index is -0.197. The molecule has 250 valence electrons. The van der Waals surface area contributed by atoms with Crippen LogP contribution in [-0.4, -0.2) is 4.92 Å². The number of hydrogen-bond donors (Lipinski definition) is 0. The number of benzene rings is 1. The molecule has 8 aliphatic rings. The molecule has 0 radical (unpaired) electrons. The van der Waals surface area contributed by atoms with Crippen LogP contribution in [0.2, 0.25) is 0 Å². The van der Waals surface area contributed by atoms with Crippen molar-refractivity contribution in [1.82, 2.24) is 0 Å². The molecule has 9 rings (SSSR count). The van der Waals surface area contributed by atoms with Gasteiger partial charge in [0, 0.05) is 12.1 Å². The first-order chi connectivity index (χ1) is 21.6. The Morgan fingerprint density at radius 1 is 0.578 bits per heavy atom. The fourth-order valence-corrected chi connectivity index (χ4v) is 15.6. The number of nitrogens with zero attached hydrogens (tertiary/aromatic N) is 1. The summed E-state index contributed by atoms with van der Waals surface area (Å²) in [5.74, 6) is 0.955. The van der Waals surface area contributed by atoms with Crippen LogP contribution < -0.4 is 0 Å². The molecule has 0 N–H and O–H groups in total. The number of hydrogen-bond acceptors (Lipinski definition) is 2. The third-order valence-electron chi connectivity index (χ3n) is 15.6. The van der Waals surface area contributed by atoms with Gasteiger partial charge in [0.05, 0.1) is 4.92 Å². The summed E-state index contributed by atoms with van der Waals surface area (Å²) >= 11 is 0. The Kier molecular flexibility index (Phi) is 8.12. The van der Waals surface area contributed by atoms with Crippen LogP contribution in [0.1, 0.15) is 187 Å². The Hall–Kier alpha value is -1.38. The molecule has 3 nitrogen and oxygen atoms in total. The van der Waals surface area contributed by atoms with E-state index in [2.05, 4.69) is 39.8 Å². The highest BCUT2D eigenvalue weighted by molar-refractivity contribution is 5.40. The number of rotatable bonds is 15. The Labute approximate surface area is 275 Å².